The highest BCUT2D eigenvalue weighted by molar-refractivity contribution is 5.69. The third-order valence-electron chi connectivity index (χ3n) is 9.59. The van der Waals surface area contributed by atoms with Crippen LogP contribution in [0.15, 0.2) is 0 Å². The Morgan fingerprint density at radius 1 is 0.246 bits per heavy atom. The van der Waals surface area contributed by atoms with Crippen LogP contribution in [-0.4, -0.2) is 132 Å². The quantitative estimate of drug-likeness (QED) is 0.0432. The molecule has 0 rings (SSSR count). The molecular weight excluding hydrogens is 728 g/mol. The number of carbonyl (C=O) groups excluding carboxylic acids is 1. The Hall–Kier alpha value is -0.890. The van der Waals surface area contributed by atoms with E-state index in [4.69, 9.17) is 47.4 Å². The number of rotatable bonds is 52. The summed E-state index contributed by atoms with van der Waals surface area (Å²) in [6.45, 7) is 14.5. The Balaban J connectivity index is 3.12. The van der Waals surface area contributed by atoms with E-state index in [1.54, 1.807) is 0 Å². The lowest BCUT2D eigenvalue weighted by Crippen LogP contribution is -2.15. The van der Waals surface area contributed by atoms with Crippen LogP contribution in [0, 0.1) is 0 Å². The van der Waals surface area contributed by atoms with E-state index < -0.39 is 0 Å². The zero-order valence-electron chi connectivity index (χ0n) is 37.4. The van der Waals surface area contributed by atoms with Crippen molar-refractivity contribution in [2.24, 2.45) is 0 Å². The second kappa shape index (κ2) is 53.1. The number of carbonyl (C=O) groups is 1. The van der Waals surface area contributed by atoms with Gasteiger partial charge >= 0.3 is 5.97 Å². The lowest BCUT2D eigenvalue weighted by molar-refractivity contribution is -0.145. The monoisotopic (exact) mass is 821 g/mol. The van der Waals surface area contributed by atoms with E-state index in [1.807, 2.05) is 0 Å². The summed E-state index contributed by atoms with van der Waals surface area (Å²) in [5.74, 6) is -0.126. The van der Waals surface area contributed by atoms with Gasteiger partial charge in [0.25, 0.3) is 0 Å². The Morgan fingerprint density at radius 3 is 0.737 bits per heavy atom. The van der Waals surface area contributed by atoms with Crippen molar-refractivity contribution in [2.75, 3.05) is 126 Å². The molecule has 11 nitrogen and oxygen atoms in total. The maximum atomic E-state index is 11.9. The van der Waals surface area contributed by atoms with E-state index in [-0.39, 0.29) is 5.97 Å². The second-order valence-corrected chi connectivity index (χ2v) is 14.9. The maximum Gasteiger partial charge on any atom is 0.305 e. The van der Waals surface area contributed by atoms with Crippen molar-refractivity contribution in [3.8, 4) is 0 Å². The van der Waals surface area contributed by atoms with E-state index >= 15 is 0 Å². The van der Waals surface area contributed by atoms with E-state index in [1.165, 1.54) is 128 Å². The van der Waals surface area contributed by atoms with Gasteiger partial charge in [0.1, 0.15) is 6.61 Å². The summed E-state index contributed by atoms with van der Waals surface area (Å²) in [6.07, 6.45) is 30.8. The van der Waals surface area contributed by atoms with Gasteiger partial charge in [0.05, 0.1) is 112 Å². The molecular formula is C46H92O11. The zero-order chi connectivity index (χ0) is 41.1. The largest absolute Gasteiger partial charge is 0.463 e. The van der Waals surface area contributed by atoms with Crippen LogP contribution in [0.3, 0.4) is 0 Å². The van der Waals surface area contributed by atoms with Gasteiger partial charge in [-0.2, -0.15) is 0 Å². The lowest BCUT2D eigenvalue weighted by atomic mass is 10.0. The topological polar surface area (TPSA) is 109 Å². The highest BCUT2D eigenvalue weighted by Crippen LogP contribution is 2.14. The molecule has 0 heterocycles. The van der Waals surface area contributed by atoms with Crippen LogP contribution in [0.2, 0.25) is 0 Å². The Bertz CT molecular complexity index is 730. The van der Waals surface area contributed by atoms with Gasteiger partial charge in [0, 0.05) is 13.0 Å². The molecule has 0 aromatic rings. The molecule has 0 N–H and O–H groups in total. The smallest absolute Gasteiger partial charge is 0.305 e. The minimum absolute atomic E-state index is 0.126. The van der Waals surface area contributed by atoms with Gasteiger partial charge < -0.3 is 47.4 Å². The van der Waals surface area contributed by atoms with Gasteiger partial charge in [-0.1, -0.05) is 149 Å². The molecule has 0 atom stereocenters. The summed E-state index contributed by atoms with van der Waals surface area (Å²) in [4.78, 5) is 11.9. The van der Waals surface area contributed by atoms with Gasteiger partial charge in [-0.3, -0.25) is 4.79 Å². The van der Waals surface area contributed by atoms with Crippen LogP contribution in [0.1, 0.15) is 168 Å². The molecule has 0 aromatic carbocycles. The van der Waals surface area contributed by atoms with Crippen LogP contribution in [0.5, 0.6) is 0 Å². The van der Waals surface area contributed by atoms with Crippen molar-refractivity contribution >= 4 is 5.97 Å². The molecule has 57 heavy (non-hydrogen) atoms. The van der Waals surface area contributed by atoms with Crippen LogP contribution < -0.4 is 0 Å². The van der Waals surface area contributed by atoms with Crippen molar-refractivity contribution < 1.29 is 52.2 Å². The van der Waals surface area contributed by atoms with E-state index in [0.717, 1.165) is 25.9 Å². The molecule has 0 radical (unpaired) electrons. The molecule has 0 unspecified atom stereocenters. The zero-order valence-corrected chi connectivity index (χ0v) is 37.4. The van der Waals surface area contributed by atoms with Crippen molar-refractivity contribution in [3.63, 3.8) is 0 Å². The molecule has 0 aliphatic carbocycles. The average molecular weight is 821 g/mol. The normalized spacial score (nSPS) is 11.5. The van der Waals surface area contributed by atoms with Gasteiger partial charge in [-0.05, 0) is 12.8 Å². The fourth-order valence-corrected chi connectivity index (χ4v) is 6.13. The predicted octanol–water partition coefficient (Wildman–Crippen LogP) is 10.1. The Labute approximate surface area is 350 Å². The van der Waals surface area contributed by atoms with E-state index in [0.29, 0.717) is 125 Å². The van der Waals surface area contributed by atoms with Gasteiger partial charge in [0.15, 0.2) is 0 Å². The van der Waals surface area contributed by atoms with Crippen molar-refractivity contribution in [3.05, 3.63) is 0 Å². The average Bonchev–Trinajstić information content (AvgIpc) is 3.22. The molecule has 0 aliphatic rings. The van der Waals surface area contributed by atoms with Gasteiger partial charge in [-0.15, -0.1) is 0 Å². The molecule has 0 saturated carbocycles. The maximum absolute atomic E-state index is 11.9. The first-order chi connectivity index (χ1) is 28.3. The van der Waals surface area contributed by atoms with Crippen molar-refractivity contribution in [1.82, 2.24) is 0 Å². The molecule has 0 aromatic heterocycles. The summed E-state index contributed by atoms with van der Waals surface area (Å²) in [5, 5.41) is 0. The summed E-state index contributed by atoms with van der Waals surface area (Å²) in [7, 11) is 0. The summed E-state index contributed by atoms with van der Waals surface area (Å²) < 4.78 is 55.1. The van der Waals surface area contributed by atoms with Crippen molar-refractivity contribution in [2.45, 2.75) is 168 Å². The van der Waals surface area contributed by atoms with Crippen LogP contribution in [-0.2, 0) is 52.2 Å². The first kappa shape index (κ1) is 56.1. The van der Waals surface area contributed by atoms with Crippen LogP contribution in [0.4, 0.5) is 0 Å². The fraction of sp³-hybridized carbons (Fsp3) is 0.978. The second-order valence-electron chi connectivity index (χ2n) is 14.9. The number of ether oxygens (including phenoxy) is 10. The van der Waals surface area contributed by atoms with E-state index in [2.05, 4.69) is 13.8 Å². The molecule has 0 amide bonds. The highest BCUT2D eigenvalue weighted by Gasteiger charge is 2.03. The standard InChI is InChI=1S/C46H92O11/c1-3-5-7-9-11-13-14-15-16-17-18-19-20-22-24-26-46(47)57-45-44-56-43-42-55-41-40-54-39-38-53-37-36-52-35-34-51-33-32-50-31-30-49-29-28-48-27-25-23-21-12-10-8-6-4-2/h3-45H2,1-2H3. The summed E-state index contributed by atoms with van der Waals surface area (Å²) >= 11 is 0. The molecule has 0 spiro atoms. The highest BCUT2D eigenvalue weighted by atomic mass is 16.6. The Morgan fingerprint density at radius 2 is 0.456 bits per heavy atom. The fourth-order valence-electron chi connectivity index (χ4n) is 6.13. The Kier molecular flexibility index (Phi) is 52.3. The predicted molar refractivity (Wildman–Crippen MR) is 230 cm³/mol. The van der Waals surface area contributed by atoms with Crippen molar-refractivity contribution in [1.29, 1.82) is 0 Å². The number of unbranched alkanes of at least 4 members (excludes halogenated alkanes) is 21. The minimum atomic E-state index is -0.126. The summed E-state index contributed by atoms with van der Waals surface area (Å²) in [5.41, 5.74) is 0. The first-order valence-corrected chi connectivity index (χ1v) is 23.7. The number of hydrogen-bond donors (Lipinski definition) is 0. The van der Waals surface area contributed by atoms with Gasteiger partial charge in [0.2, 0.25) is 0 Å². The minimum Gasteiger partial charge on any atom is -0.463 e. The number of esters is 1. The SMILES string of the molecule is CCCCCCCCCCCCCCCCCC(=O)OCCOCCOCCOCCOCCOCCOCCOCCOCCOCCCCCCCCCC. The molecule has 0 bridgehead atoms. The molecule has 0 saturated heterocycles. The lowest BCUT2D eigenvalue weighted by Gasteiger charge is -2.09. The third kappa shape index (κ3) is 53.1. The van der Waals surface area contributed by atoms with Gasteiger partial charge in [-0.25, -0.2) is 0 Å². The number of hydrogen-bond acceptors (Lipinski definition) is 11. The summed E-state index contributed by atoms with van der Waals surface area (Å²) in [6, 6.07) is 0. The molecule has 0 aliphatic heterocycles. The first-order valence-electron chi connectivity index (χ1n) is 23.7. The molecule has 342 valence electrons. The van der Waals surface area contributed by atoms with Crippen LogP contribution >= 0.6 is 0 Å². The van der Waals surface area contributed by atoms with Crippen LogP contribution in [0.25, 0.3) is 0 Å². The van der Waals surface area contributed by atoms with E-state index in [9.17, 15) is 4.79 Å². The molecule has 0 fully saturated rings. The third-order valence-corrected chi connectivity index (χ3v) is 9.59. The molecule has 11 heteroatoms.